The Balaban J connectivity index is 2.22. The lowest BCUT2D eigenvalue weighted by Crippen LogP contribution is -2.41. The predicted molar refractivity (Wildman–Crippen MR) is 102 cm³/mol. The Morgan fingerprint density at radius 1 is 1.15 bits per heavy atom. The van der Waals surface area contributed by atoms with Crippen molar-refractivity contribution in [2.45, 2.75) is 6.54 Å². The summed E-state index contributed by atoms with van der Waals surface area (Å²) in [6.45, 7) is -0.529. The van der Waals surface area contributed by atoms with Crippen molar-refractivity contribution in [3.63, 3.8) is 0 Å². The van der Waals surface area contributed by atoms with Crippen LogP contribution in [0.4, 0.5) is 10.1 Å². The van der Waals surface area contributed by atoms with E-state index < -0.39 is 28.3 Å². The molecule has 0 heterocycles. The molecule has 0 saturated carbocycles. The molecule has 26 heavy (non-hydrogen) atoms. The largest absolute Gasteiger partial charge is 0.340 e. The second kappa shape index (κ2) is 8.24. The Morgan fingerprint density at radius 2 is 1.81 bits per heavy atom. The van der Waals surface area contributed by atoms with Gasteiger partial charge in [0.15, 0.2) is 0 Å². The van der Waals surface area contributed by atoms with E-state index in [9.17, 15) is 17.6 Å². The number of hydrogen-bond donors (Lipinski definition) is 0. The third-order valence-corrected chi connectivity index (χ3v) is 5.39. The highest BCUT2D eigenvalue weighted by Gasteiger charge is 2.23. The molecule has 0 aliphatic rings. The Morgan fingerprint density at radius 3 is 2.38 bits per heavy atom. The molecule has 0 spiro atoms. The molecular formula is C17H17Cl2FN2O3S. The zero-order valence-corrected chi connectivity index (χ0v) is 16.4. The maximum atomic E-state index is 13.9. The summed E-state index contributed by atoms with van der Waals surface area (Å²) in [6, 6.07) is 10.4. The van der Waals surface area contributed by atoms with Gasteiger partial charge in [-0.3, -0.25) is 9.10 Å². The molecule has 0 aromatic heterocycles. The first-order valence-corrected chi connectivity index (χ1v) is 10.1. The predicted octanol–water partition coefficient (Wildman–Crippen LogP) is 3.56. The molecule has 0 atom stereocenters. The number of hydrogen-bond acceptors (Lipinski definition) is 3. The van der Waals surface area contributed by atoms with Gasteiger partial charge in [0.05, 0.1) is 11.9 Å². The number of halogens is 3. The molecule has 0 bridgehead atoms. The van der Waals surface area contributed by atoms with E-state index in [2.05, 4.69) is 0 Å². The van der Waals surface area contributed by atoms with Crippen molar-refractivity contribution in [1.82, 2.24) is 4.90 Å². The van der Waals surface area contributed by atoms with Crippen molar-refractivity contribution in [2.24, 2.45) is 0 Å². The van der Waals surface area contributed by atoms with E-state index in [0.29, 0.717) is 5.02 Å². The molecule has 0 aliphatic carbocycles. The SMILES string of the molecule is CN(Cc1c(F)cccc1Cl)C(=O)CN(c1cccc(Cl)c1)S(C)(=O)=O. The number of benzene rings is 2. The van der Waals surface area contributed by atoms with Crippen molar-refractivity contribution < 1.29 is 17.6 Å². The van der Waals surface area contributed by atoms with Gasteiger partial charge in [0.25, 0.3) is 0 Å². The van der Waals surface area contributed by atoms with Gasteiger partial charge >= 0.3 is 0 Å². The summed E-state index contributed by atoms with van der Waals surface area (Å²) in [6.07, 6.45) is 0.995. The fraction of sp³-hybridized carbons (Fsp3) is 0.235. The molecule has 0 radical (unpaired) electrons. The summed E-state index contributed by atoms with van der Waals surface area (Å²) >= 11 is 11.9. The van der Waals surface area contributed by atoms with Crippen molar-refractivity contribution in [1.29, 1.82) is 0 Å². The number of carbonyl (C=O) groups excluding carboxylic acids is 1. The zero-order chi connectivity index (χ0) is 19.5. The van der Waals surface area contributed by atoms with Crippen LogP contribution >= 0.6 is 23.2 Å². The lowest BCUT2D eigenvalue weighted by molar-refractivity contribution is -0.128. The van der Waals surface area contributed by atoms with Gasteiger partial charge in [0.2, 0.25) is 15.9 Å². The van der Waals surface area contributed by atoms with Crippen LogP contribution < -0.4 is 4.31 Å². The molecule has 1 amide bonds. The van der Waals surface area contributed by atoms with Crippen LogP contribution in [0.2, 0.25) is 10.0 Å². The van der Waals surface area contributed by atoms with Crippen molar-refractivity contribution in [2.75, 3.05) is 24.2 Å². The third kappa shape index (κ3) is 5.09. The summed E-state index contributed by atoms with van der Waals surface area (Å²) in [5.74, 6) is -1.05. The first-order valence-electron chi connectivity index (χ1n) is 7.49. The van der Waals surface area contributed by atoms with Crippen molar-refractivity contribution in [3.8, 4) is 0 Å². The number of sulfonamides is 1. The van der Waals surface area contributed by atoms with E-state index in [-0.39, 0.29) is 22.8 Å². The van der Waals surface area contributed by atoms with Gasteiger partial charge in [-0.1, -0.05) is 35.3 Å². The first kappa shape index (κ1) is 20.5. The van der Waals surface area contributed by atoms with Gasteiger partial charge in [-0.15, -0.1) is 0 Å². The van der Waals surface area contributed by atoms with Crippen molar-refractivity contribution >= 4 is 44.8 Å². The molecule has 0 fully saturated rings. The van der Waals surface area contributed by atoms with E-state index in [1.807, 2.05) is 0 Å². The molecule has 0 saturated heterocycles. The summed E-state index contributed by atoms with van der Waals surface area (Å²) in [5, 5.41) is 0.537. The Kier molecular flexibility index (Phi) is 6.49. The highest BCUT2D eigenvalue weighted by atomic mass is 35.5. The molecule has 0 aliphatic heterocycles. The van der Waals surface area contributed by atoms with Gasteiger partial charge in [-0.2, -0.15) is 0 Å². The van der Waals surface area contributed by atoms with E-state index in [4.69, 9.17) is 23.2 Å². The summed E-state index contributed by atoms with van der Waals surface area (Å²) < 4.78 is 39.0. The van der Waals surface area contributed by atoms with Gasteiger partial charge < -0.3 is 4.90 Å². The van der Waals surface area contributed by atoms with Crippen LogP contribution in [-0.2, 0) is 21.4 Å². The van der Waals surface area contributed by atoms with Crippen LogP contribution in [0, 0.1) is 5.82 Å². The van der Waals surface area contributed by atoms with Crippen LogP contribution in [0.5, 0.6) is 0 Å². The highest BCUT2D eigenvalue weighted by Crippen LogP contribution is 2.23. The summed E-state index contributed by atoms with van der Waals surface area (Å²) in [5.41, 5.74) is 0.435. The normalized spacial score (nSPS) is 11.3. The second-order valence-electron chi connectivity index (χ2n) is 5.70. The van der Waals surface area contributed by atoms with Crippen LogP contribution in [0.3, 0.4) is 0 Å². The Labute approximate surface area is 162 Å². The number of rotatable bonds is 6. The summed E-state index contributed by atoms with van der Waals surface area (Å²) in [4.78, 5) is 13.7. The smallest absolute Gasteiger partial charge is 0.243 e. The zero-order valence-electron chi connectivity index (χ0n) is 14.1. The minimum atomic E-state index is -3.73. The fourth-order valence-corrected chi connectivity index (χ4v) is 3.53. The lowest BCUT2D eigenvalue weighted by Gasteiger charge is -2.25. The highest BCUT2D eigenvalue weighted by molar-refractivity contribution is 7.92. The Hall–Kier alpha value is -1.83. The molecule has 5 nitrogen and oxygen atoms in total. The number of carbonyl (C=O) groups is 1. The minimum absolute atomic E-state index is 0.0858. The quantitative estimate of drug-likeness (QED) is 0.720. The first-order chi connectivity index (χ1) is 12.1. The monoisotopic (exact) mass is 418 g/mol. The van der Waals surface area contributed by atoms with E-state index in [1.54, 1.807) is 12.1 Å². The number of amides is 1. The number of anilines is 1. The lowest BCUT2D eigenvalue weighted by atomic mass is 10.2. The average Bonchev–Trinajstić information content (AvgIpc) is 2.54. The molecular weight excluding hydrogens is 402 g/mol. The van der Waals surface area contributed by atoms with Crippen LogP contribution in [0.1, 0.15) is 5.56 Å². The minimum Gasteiger partial charge on any atom is -0.340 e. The standard InChI is InChI=1S/C17H17Cl2FN2O3S/c1-21(10-14-15(19)7-4-8-16(14)20)17(23)11-22(26(2,24)25)13-6-3-5-12(18)9-13/h3-9H,10-11H2,1-2H3. The number of likely N-dealkylation sites (N-methyl/N-ethyl adjacent to an activating group) is 1. The van der Waals surface area contributed by atoms with Crippen LogP contribution in [-0.4, -0.2) is 39.1 Å². The molecule has 2 aromatic rings. The second-order valence-corrected chi connectivity index (χ2v) is 8.45. The van der Waals surface area contributed by atoms with Crippen molar-refractivity contribution in [3.05, 3.63) is 63.9 Å². The van der Waals surface area contributed by atoms with Crippen LogP contribution in [0.15, 0.2) is 42.5 Å². The van der Waals surface area contributed by atoms with Crippen LogP contribution in [0.25, 0.3) is 0 Å². The average molecular weight is 419 g/mol. The van der Waals surface area contributed by atoms with E-state index in [1.165, 1.54) is 42.3 Å². The van der Waals surface area contributed by atoms with Gasteiger partial charge in [-0.05, 0) is 30.3 Å². The molecule has 0 N–H and O–H groups in total. The maximum Gasteiger partial charge on any atom is 0.243 e. The summed E-state index contributed by atoms with van der Waals surface area (Å²) in [7, 11) is -2.28. The van der Waals surface area contributed by atoms with E-state index >= 15 is 0 Å². The number of nitrogens with zero attached hydrogens (tertiary/aromatic N) is 2. The molecule has 2 rings (SSSR count). The van der Waals surface area contributed by atoms with Gasteiger partial charge in [0.1, 0.15) is 12.4 Å². The molecule has 140 valence electrons. The van der Waals surface area contributed by atoms with Gasteiger partial charge in [-0.25, -0.2) is 12.8 Å². The maximum absolute atomic E-state index is 13.9. The molecule has 2 aromatic carbocycles. The van der Waals surface area contributed by atoms with E-state index in [0.717, 1.165) is 10.6 Å². The topological polar surface area (TPSA) is 57.7 Å². The molecule has 9 heteroatoms. The molecule has 0 unspecified atom stereocenters. The Bertz CT molecular complexity index is 902. The fourth-order valence-electron chi connectivity index (χ4n) is 2.28. The van der Waals surface area contributed by atoms with Gasteiger partial charge in [0, 0.05) is 29.2 Å². The third-order valence-electron chi connectivity index (χ3n) is 3.66.